The van der Waals surface area contributed by atoms with Gasteiger partial charge in [-0.3, -0.25) is 0 Å². The van der Waals surface area contributed by atoms with Crippen LogP contribution in [0.5, 0.6) is 0 Å². The zero-order valence-corrected chi connectivity index (χ0v) is 10.5. The fourth-order valence-corrected chi connectivity index (χ4v) is 1.75. The van der Waals surface area contributed by atoms with Crippen LogP contribution in [0.2, 0.25) is 0 Å². The molecule has 1 N–H and O–H groups in total. The number of nitrogens with one attached hydrogen (secondary N) is 1. The maximum atomic E-state index is 4.43. The van der Waals surface area contributed by atoms with Crippen LogP contribution < -0.4 is 5.32 Å². The molecule has 0 saturated carbocycles. The van der Waals surface area contributed by atoms with E-state index < -0.39 is 0 Å². The molecule has 0 fully saturated rings. The summed E-state index contributed by atoms with van der Waals surface area (Å²) in [5, 5.41) is 11.2. The van der Waals surface area contributed by atoms with Gasteiger partial charge >= 0.3 is 0 Å². The van der Waals surface area contributed by atoms with Gasteiger partial charge in [0.25, 0.3) is 0 Å². The molecule has 2 aromatic rings. The highest BCUT2D eigenvalue weighted by Gasteiger charge is 2.04. The fraction of sp³-hybridized carbons (Fsp3) is 0.545. The van der Waals surface area contributed by atoms with Gasteiger partial charge < -0.3 is 14.5 Å². The van der Waals surface area contributed by atoms with Crippen LogP contribution in [0.3, 0.4) is 0 Å². The molecule has 0 unspecified atom stereocenters. The van der Waals surface area contributed by atoms with E-state index in [1.165, 1.54) is 0 Å². The first-order valence-corrected chi connectivity index (χ1v) is 5.81. The average Bonchev–Trinajstić information content (AvgIpc) is 2.86. The van der Waals surface area contributed by atoms with Gasteiger partial charge in [0.05, 0.1) is 5.69 Å². The Morgan fingerprint density at radius 2 is 2.24 bits per heavy atom. The minimum absolute atomic E-state index is 0.809. The van der Waals surface area contributed by atoms with Crippen molar-refractivity contribution in [3.05, 3.63) is 24.0 Å². The molecule has 0 atom stereocenters. The number of aromatic nitrogens is 5. The topological polar surface area (TPSA) is 60.6 Å². The molecular formula is C11H18N6. The van der Waals surface area contributed by atoms with Crippen LogP contribution in [0.15, 0.2) is 12.5 Å². The Balaban J connectivity index is 1.92. The van der Waals surface area contributed by atoms with Crippen LogP contribution in [-0.4, -0.2) is 30.9 Å². The lowest BCUT2D eigenvalue weighted by Crippen LogP contribution is -2.12. The zero-order valence-electron chi connectivity index (χ0n) is 10.5. The van der Waals surface area contributed by atoms with E-state index in [4.69, 9.17) is 0 Å². The predicted octanol–water partition coefficient (Wildman–Crippen LogP) is 0.995. The van der Waals surface area contributed by atoms with Crippen molar-refractivity contribution >= 4 is 5.95 Å². The molecule has 0 amide bonds. The van der Waals surface area contributed by atoms with Crippen molar-refractivity contribution in [3.63, 3.8) is 0 Å². The van der Waals surface area contributed by atoms with E-state index in [0.29, 0.717) is 0 Å². The summed E-state index contributed by atoms with van der Waals surface area (Å²) >= 11 is 0. The summed E-state index contributed by atoms with van der Waals surface area (Å²) < 4.78 is 4.03. The average molecular weight is 234 g/mol. The van der Waals surface area contributed by atoms with Gasteiger partial charge in [0, 0.05) is 32.8 Å². The third kappa shape index (κ3) is 2.64. The van der Waals surface area contributed by atoms with E-state index in [-0.39, 0.29) is 0 Å². The second kappa shape index (κ2) is 4.99. The molecule has 17 heavy (non-hydrogen) atoms. The molecule has 6 nitrogen and oxygen atoms in total. The van der Waals surface area contributed by atoms with Crippen LogP contribution in [-0.2, 0) is 20.0 Å². The number of hydrogen-bond donors (Lipinski definition) is 1. The Bertz CT molecular complexity index is 484. The van der Waals surface area contributed by atoms with Crippen LogP contribution in [0, 0.1) is 6.92 Å². The van der Waals surface area contributed by atoms with Gasteiger partial charge in [0.2, 0.25) is 5.95 Å². The molecule has 2 heterocycles. The minimum Gasteiger partial charge on any atom is -0.355 e. The molecule has 0 radical (unpaired) electrons. The molecule has 0 aliphatic heterocycles. The van der Waals surface area contributed by atoms with Gasteiger partial charge in [0.1, 0.15) is 12.2 Å². The Kier molecular flexibility index (Phi) is 3.41. The summed E-state index contributed by atoms with van der Waals surface area (Å²) in [5.41, 5.74) is 1.04. The van der Waals surface area contributed by atoms with Gasteiger partial charge in [0.15, 0.2) is 0 Å². The van der Waals surface area contributed by atoms with Gasteiger partial charge in [-0.25, -0.2) is 4.98 Å². The van der Waals surface area contributed by atoms with Crippen molar-refractivity contribution < 1.29 is 0 Å². The van der Waals surface area contributed by atoms with Crippen molar-refractivity contribution in [3.8, 4) is 0 Å². The highest BCUT2D eigenvalue weighted by atomic mass is 15.3. The maximum absolute atomic E-state index is 4.43. The van der Waals surface area contributed by atoms with E-state index in [1.807, 2.05) is 24.7 Å². The largest absolute Gasteiger partial charge is 0.355 e. The van der Waals surface area contributed by atoms with Crippen molar-refractivity contribution in [1.82, 2.24) is 24.3 Å². The first-order chi connectivity index (χ1) is 8.20. The highest BCUT2D eigenvalue weighted by Crippen LogP contribution is 2.07. The summed E-state index contributed by atoms with van der Waals surface area (Å²) in [6, 6.07) is 0. The molecule has 92 valence electrons. The maximum Gasteiger partial charge on any atom is 0.203 e. The van der Waals surface area contributed by atoms with Crippen molar-refractivity contribution in [2.75, 3.05) is 11.9 Å². The van der Waals surface area contributed by atoms with E-state index in [0.717, 1.165) is 37.0 Å². The molecule has 2 aromatic heterocycles. The quantitative estimate of drug-likeness (QED) is 0.838. The Morgan fingerprint density at radius 1 is 1.41 bits per heavy atom. The Labute approximate surface area is 101 Å². The normalized spacial score (nSPS) is 10.8. The van der Waals surface area contributed by atoms with Gasteiger partial charge in [-0.1, -0.05) is 0 Å². The minimum atomic E-state index is 0.809. The lowest BCUT2D eigenvalue weighted by Gasteiger charge is -2.07. The summed E-state index contributed by atoms with van der Waals surface area (Å²) in [6.45, 7) is 5.84. The number of imidazole rings is 1. The molecule has 0 saturated heterocycles. The van der Waals surface area contributed by atoms with Gasteiger partial charge in [-0.2, -0.15) is 0 Å². The molecule has 0 spiro atoms. The van der Waals surface area contributed by atoms with E-state index >= 15 is 0 Å². The zero-order chi connectivity index (χ0) is 12.3. The van der Waals surface area contributed by atoms with Crippen molar-refractivity contribution in [1.29, 1.82) is 0 Å². The van der Waals surface area contributed by atoms with Crippen LogP contribution >= 0.6 is 0 Å². The molecule has 2 rings (SSSR count). The predicted molar refractivity (Wildman–Crippen MR) is 65.8 cm³/mol. The van der Waals surface area contributed by atoms with Crippen LogP contribution in [0.25, 0.3) is 0 Å². The van der Waals surface area contributed by atoms with Gasteiger partial charge in [-0.15, -0.1) is 10.2 Å². The second-order valence-electron chi connectivity index (χ2n) is 4.03. The molecule has 0 aliphatic carbocycles. The van der Waals surface area contributed by atoms with Crippen molar-refractivity contribution in [2.45, 2.75) is 26.8 Å². The smallest absolute Gasteiger partial charge is 0.203 e. The molecule has 6 heteroatoms. The molecule has 0 aliphatic rings. The molecular weight excluding hydrogens is 216 g/mol. The number of anilines is 1. The van der Waals surface area contributed by atoms with Crippen LogP contribution in [0.1, 0.15) is 18.4 Å². The second-order valence-corrected chi connectivity index (χ2v) is 4.03. The van der Waals surface area contributed by atoms with Crippen LogP contribution in [0.4, 0.5) is 5.95 Å². The third-order valence-electron chi connectivity index (χ3n) is 2.67. The molecule has 0 bridgehead atoms. The van der Waals surface area contributed by atoms with E-state index in [9.17, 15) is 0 Å². The fourth-order valence-electron chi connectivity index (χ4n) is 1.75. The van der Waals surface area contributed by atoms with E-state index in [2.05, 4.69) is 32.0 Å². The number of rotatable bonds is 5. The van der Waals surface area contributed by atoms with Crippen molar-refractivity contribution in [2.24, 2.45) is 7.05 Å². The summed E-state index contributed by atoms with van der Waals surface area (Å²) in [7, 11) is 1.95. The van der Waals surface area contributed by atoms with E-state index in [1.54, 1.807) is 6.33 Å². The number of hydrogen-bond acceptors (Lipinski definition) is 4. The first-order valence-electron chi connectivity index (χ1n) is 5.81. The third-order valence-corrected chi connectivity index (χ3v) is 2.67. The Hall–Kier alpha value is -1.85. The summed E-state index contributed by atoms with van der Waals surface area (Å²) in [5.74, 6) is 1.90. The molecule has 0 aromatic carbocycles. The summed E-state index contributed by atoms with van der Waals surface area (Å²) in [6.07, 6.45) is 4.60. The summed E-state index contributed by atoms with van der Waals surface area (Å²) in [4.78, 5) is 4.43. The van der Waals surface area contributed by atoms with Gasteiger partial charge in [-0.05, 0) is 13.8 Å². The Morgan fingerprint density at radius 3 is 2.88 bits per heavy atom. The highest BCUT2D eigenvalue weighted by molar-refractivity contribution is 5.28. The lowest BCUT2D eigenvalue weighted by atomic mass is 10.4. The lowest BCUT2D eigenvalue weighted by molar-refractivity contribution is 0.749. The first kappa shape index (κ1) is 11.6. The monoisotopic (exact) mass is 234 g/mol. The standard InChI is InChI=1S/C11H18N6/c1-4-17-7-9(2)14-11(17)12-6-5-10-15-13-8-16(10)3/h7-8H,4-6H2,1-3H3,(H,12,14). The SMILES string of the molecule is CCn1cc(C)nc1NCCc1nncn1C. The number of nitrogens with zero attached hydrogens (tertiary/aromatic N) is 5. The number of aryl methyl sites for hydroxylation is 3.